The van der Waals surface area contributed by atoms with Crippen molar-refractivity contribution in [3.05, 3.63) is 41.3 Å². The van der Waals surface area contributed by atoms with E-state index >= 15 is 4.39 Å². The number of nitrogens with zero attached hydrogens (tertiary/aromatic N) is 2. The van der Waals surface area contributed by atoms with Gasteiger partial charge in [-0.15, -0.1) is 0 Å². The number of fused-ring (bicyclic) bond motifs is 1. The van der Waals surface area contributed by atoms with E-state index in [0.29, 0.717) is 41.7 Å². The Bertz CT molecular complexity index is 1120. The third-order valence-corrected chi connectivity index (χ3v) is 14.7. The van der Waals surface area contributed by atoms with E-state index in [0.717, 1.165) is 22.0 Å². The zero-order chi connectivity index (χ0) is 27.2. The molecule has 2 aromatic rings. The SMILES string of the molecule is CC(C)c1cn([Si](C(C)C)(C(C)C)C(C)C)c2ccc(C3=CCN(C(=O)OC(C)(C)C)CC3)c(F)c12. The summed E-state index contributed by atoms with van der Waals surface area (Å²) in [5, 5.41) is 0.775. The smallest absolute Gasteiger partial charge is 0.410 e. The van der Waals surface area contributed by atoms with Crippen molar-refractivity contribution in [3.63, 3.8) is 0 Å². The Balaban J connectivity index is 2.12. The first-order valence-electron chi connectivity index (χ1n) is 13.6. The molecule has 3 rings (SSSR count). The molecule has 0 saturated heterocycles. The zero-order valence-electron chi connectivity index (χ0n) is 24.3. The van der Waals surface area contributed by atoms with Crippen LogP contribution in [0.25, 0.3) is 16.5 Å². The number of hydrogen-bond donors (Lipinski definition) is 0. The quantitative estimate of drug-likeness (QED) is 0.361. The number of amides is 1. The largest absolute Gasteiger partial charge is 0.444 e. The van der Waals surface area contributed by atoms with Crippen molar-refractivity contribution >= 4 is 30.8 Å². The lowest BCUT2D eigenvalue weighted by Crippen LogP contribution is -2.51. The molecule has 0 saturated carbocycles. The fourth-order valence-corrected chi connectivity index (χ4v) is 13.2. The summed E-state index contributed by atoms with van der Waals surface area (Å²) >= 11 is 0. The molecule has 1 aliphatic heterocycles. The molecular formula is C30H47FN2O2Si. The van der Waals surface area contributed by atoms with Crippen LogP contribution in [0.1, 0.15) is 99.6 Å². The molecule has 1 amide bonds. The second-order valence-electron chi connectivity index (χ2n) is 12.7. The summed E-state index contributed by atoms with van der Waals surface area (Å²) in [6, 6.07) is 4.11. The Hall–Kier alpha value is -2.08. The van der Waals surface area contributed by atoms with Crippen LogP contribution in [-0.2, 0) is 4.74 Å². The number of carbonyl (C=O) groups is 1. The van der Waals surface area contributed by atoms with Gasteiger partial charge < -0.3 is 13.9 Å². The van der Waals surface area contributed by atoms with Crippen LogP contribution in [0.3, 0.4) is 0 Å². The van der Waals surface area contributed by atoms with E-state index in [1.807, 2.05) is 32.9 Å². The number of ether oxygens (including phenoxy) is 1. The second-order valence-corrected chi connectivity index (χ2v) is 18.4. The molecule has 6 heteroatoms. The first-order chi connectivity index (χ1) is 16.6. The summed E-state index contributed by atoms with van der Waals surface area (Å²) in [7, 11) is -2.04. The summed E-state index contributed by atoms with van der Waals surface area (Å²) in [5.41, 5.74) is 4.80. The number of halogens is 1. The summed E-state index contributed by atoms with van der Waals surface area (Å²) in [6.07, 6.45) is 4.57. The number of benzene rings is 1. The minimum atomic E-state index is -2.04. The standard InChI is InChI=1S/C30H47FN2O2Si/c1-19(2)25-18-33(36(20(3)4,21(5)6)22(7)8)26-13-12-24(28(31)27(25)26)23-14-16-32(17-15-23)29(34)35-30(9,10)11/h12-14,18-22H,15-17H2,1-11H3. The fraction of sp³-hybridized carbons (Fsp3) is 0.633. The van der Waals surface area contributed by atoms with Gasteiger partial charge >= 0.3 is 6.09 Å². The van der Waals surface area contributed by atoms with Gasteiger partial charge in [-0.1, -0.05) is 61.5 Å². The van der Waals surface area contributed by atoms with Crippen molar-refractivity contribution in [1.29, 1.82) is 0 Å². The third-order valence-electron chi connectivity index (χ3n) is 7.96. The molecule has 1 aliphatic rings. The van der Waals surface area contributed by atoms with Crippen molar-refractivity contribution in [3.8, 4) is 0 Å². The van der Waals surface area contributed by atoms with E-state index in [2.05, 4.69) is 71.9 Å². The fourth-order valence-electron chi connectivity index (χ4n) is 6.56. The van der Waals surface area contributed by atoms with E-state index < -0.39 is 13.8 Å². The first kappa shape index (κ1) is 28.5. The number of aromatic nitrogens is 1. The second kappa shape index (κ2) is 10.4. The van der Waals surface area contributed by atoms with Crippen LogP contribution >= 0.6 is 0 Å². The lowest BCUT2D eigenvalue weighted by Gasteiger charge is -2.44. The average molecular weight is 515 g/mol. The van der Waals surface area contributed by atoms with Crippen LogP contribution in [0.2, 0.25) is 16.6 Å². The molecule has 200 valence electrons. The molecule has 36 heavy (non-hydrogen) atoms. The van der Waals surface area contributed by atoms with Crippen molar-refractivity contribution in [2.24, 2.45) is 0 Å². The van der Waals surface area contributed by atoms with Gasteiger partial charge in [0, 0.05) is 29.6 Å². The van der Waals surface area contributed by atoms with Gasteiger partial charge in [0.2, 0.25) is 0 Å². The van der Waals surface area contributed by atoms with E-state index in [9.17, 15) is 4.79 Å². The van der Waals surface area contributed by atoms with Gasteiger partial charge in [-0.05, 0) is 79.2 Å². The molecule has 0 fully saturated rings. The number of carbonyl (C=O) groups excluding carboxylic acids is 1. The number of rotatable bonds is 6. The van der Waals surface area contributed by atoms with Crippen molar-refractivity contribution in [2.75, 3.05) is 13.1 Å². The van der Waals surface area contributed by atoms with Crippen LogP contribution in [0, 0.1) is 5.82 Å². The summed E-state index contributed by atoms with van der Waals surface area (Å²) < 4.78 is 24.5. The predicted octanol–water partition coefficient (Wildman–Crippen LogP) is 8.95. The van der Waals surface area contributed by atoms with Crippen molar-refractivity contribution < 1.29 is 13.9 Å². The Morgan fingerprint density at radius 3 is 2.03 bits per heavy atom. The highest BCUT2D eigenvalue weighted by Gasteiger charge is 2.46. The van der Waals surface area contributed by atoms with Crippen molar-refractivity contribution in [1.82, 2.24) is 9.13 Å². The molecule has 1 aromatic heterocycles. The zero-order valence-corrected chi connectivity index (χ0v) is 25.3. The van der Waals surface area contributed by atoms with Crippen LogP contribution in [-0.4, -0.2) is 42.2 Å². The highest BCUT2D eigenvalue weighted by atomic mass is 28.3. The van der Waals surface area contributed by atoms with E-state index in [1.165, 1.54) is 0 Å². The molecule has 0 spiro atoms. The maximum absolute atomic E-state index is 16.4. The average Bonchev–Trinajstić information content (AvgIpc) is 3.13. The number of hydrogen-bond acceptors (Lipinski definition) is 2. The van der Waals surface area contributed by atoms with Crippen LogP contribution in [0.15, 0.2) is 24.4 Å². The van der Waals surface area contributed by atoms with Crippen molar-refractivity contribution in [2.45, 2.75) is 111 Å². The predicted molar refractivity (Wildman–Crippen MR) is 153 cm³/mol. The van der Waals surface area contributed by atoms with Crippen LogP contribution in [0.4, 0.5) is 9.18 Å². The Labute approximate surface area is 219 Å². The highest BCUT2D eigenvalue weighted by molar-refractivity contribution is 6.82. The van der Waals surface area contributed by atoms with E-state index in [-0.39, 0.29) is 17.8 Å². The molecule has 0 aliphatic carbocycles. The topological polar surface area (TPSA) is 34.5 Å². The lowest BCUT2D eigenvalue weighted by atomic mass is 9.95. The van der Waals surface area contributed by atoms with Gasteiger partial charge in [0.1, 0.15) is 11.4 Å². The molecule has 0 unspecified atom stereocenters. The minimum Gasteiger partial charge on any atom is -0.444 e. The van der Waals surface area contributed by atoms with Crippen LogP contribution < -0.4 is 0 Å². The lowest BCUT2D eigenvalue weighted by molar-refractivity contribution is 0.0270. The van der Waals surface area contributed by atoms with E-state index in [4.69, 9.17) is 4.74 Å². The summed E-state index contributed by atoms with van der Waals surface area (Å²) in [6.45, 7) is 25.0. The molecule has 0 radical (unpaired) electrons. The Kier molecular flexibility index (Phi) is 8.19. The molecule has 0 N–H and O–H groups in total. The maximum atomic E-state index is 16.4. The Morgan fingerprint density at radius 1 is 1.00 bits per heavy atom. The molecule has 2 heterocycles. The Morgan fingerprint density at radius 2 is 1.58 bits per heavy atom. The summed E-state index contributed by atoms with van der Waals surface area (Å²) in [5.74, 6) is 0.103. The third kappa shape index (κ3) is 5.03. The first-order valence-corrected chi connectivity index (χ1v) is 15.8. The van der Waals surface area contributed by atoms with Gasteiger partial charge in [0.15, 0.2) is 8.24 Å². The molecule has 1 aromatic carbocycles. The van der Waals surface area contributed by atoms with Gasteiger partial charge in [0.25, 0.3) is 0 Å². The molecule has 4 nitrogen and oxygen atoms in total. The highest BCUT2D eigenvalue weighted by Crippen LogP contribution is 2.46. The van der Waals surface area contributed by atoms with E-state index in [1.54, 1.807) is 4.90 Å². The van der Waals surface area contributed by atoms with Gasteiger partial charge in [-0.3, -0.25) is 0 Å². The molecule has 0 bridgehead atoms. The van der Waals surface area contributed by atoms with Crippen LogP contribution in [0.5, 0.6) is 0 Å². The van der Waals surface area contributed by atoms with Gasteiger partial charge in [-0.2, -0.15) is 0 Å². The summed E-state index contributed by atoms with van der Waals surface area (Å²) in [4.78, 5) is 14.2. The molecule has 0 atom stereocenters. The maximum Gasteiger partial charge on any atom is 0.410 e. The molecular weight excluding hydrogens is 467 g/mol. The normalized spacial score (nSPS) is 15.6. The van der Waals surface area contributed by atoms with Gasteiger partial charge in [-0.25, -0.2) is 9.18 Å². The van der Waals surface area contributed by atoms with Gasteiger partial charge in [0.05, 0.1) is 0 Å². The minimum absolute atomic E-state index is 0.119. The monoisotopic (exact) mass is 514 g/mol.